The Morgan fingerprint density at radius 2 is 1.98 bits per heavy atom. The maximum Gasteiger partial charge on any atom is 0.331 e. The molecule has 1 atom stereocenters. The molecule has 2 aliphatic heterocycles. The van der Waals surface area contributed by atoms with E-state index in [1.165, 1.54) is 11.3 Å². The third-order valence-corrected chi connectivity index (χ3v) is 8.37. The molecular formula is C30H29N5O5S. The maximum absolute atomic E-state index is 13.5. The fraction of sp³-hybridized carbons (Fsp3) is 0.267. The lowest BCUT2D eigenvalue weighted by Gasteiger charge is -2.33. The number of amides is 4. The quantitative estimate of drug-likeness (QED) is 0.281. The number of para-hydroxylation sites is 1. The Balaban J connectivity index is 1.27. The SMILES string of the molecule is Cc1cc(Oc2ccccc2)ccc1N1C(=O)Nc2c(C(=O)NC3CCCN(C(=O)CCO)C3)sc3nccc1c23. The van der Waals surface area contributed by atoms with E-state index in [1.807, 2.05) is 55.5 Å². The van der Waals surface area contributed by atoms with Crippen LogP contribution in [0.2, 0.25) is 0 Å². The van der Waals surface area contributed by atoms with E-state index in [9.17, 15) is 14.4 Å². The van der Waals surface area contributed by atoms with Crippen molar-refractivity contribution in [2.24, 2.45) is 0 Å². The van der Waals surface area contributed by atoms with E-state index in [0.717, 1.165) is 24.2 Å². The van der Waals surface area contributed by atoms with E-state index in [1.54, 1.807) is 22.1 Å². The van der Waals surface area contributed by atoms with Crippen molar-refractivity contribution in [3.05, 3.63) is 71.2 Å². The normalized spacial score (nSPS) is 16.4. The lowest BCUT2D eigenvalue weighted by atomic mass is 10.0. The first-order valence-corrected chi connectivity index (χ1v) is 14.3. The highest BCUT2D eigenvalue weighted by Gasteiger charge is 2.34. The second kappa shape index (κ2) is 11.2. The van der Waals surface area contributed by atoms with Gasteiger partial charge in [0.1, 0.15) is 21.2 Å². The van der Waals surface area contributed by atoms with Crippen molar-refractivity contribution in [2.45, 2.75) is 32.2 Å². The molecule has 1 saturated heterocycles. The van der Waals surface area contributed by atoms with Gasteiger partial charge in [0.2, 0.25) is 5.91 Å². The molecule has 10 nitrogen and oxygen atoms in total. The van der Waals surface area contributed by atoms with Crippen molar-refractivity contribution >= 4 is 56.5 Å². The number of ether oxygens (including phenoxy) is 1. The number of aromatic nitrogens is 1. The zero-order valence-corrected chi connectivity index (χ0v) is 23.2. The third-order valence-electron chi connectivity index (χ3n) is 7.28. The molecule has 41 heavy (non-hydrogen) atoms. The van der Waals surface area contributed by atoms with Gasteiger partial charge in [-0.05, 0) is 61.7 Å². The third kappa shape index (κ3) is 5.21. The number of piperidine rings is 1. The summed E-state index contributed by atoms with van der Waals surface area (Å²) in [5.41, 5.74) is 2.61. The van der Waals surface area contributed by atoms with Crippen LogP contribution in [0.5, 0.6) is 11.5 Å². The van der Waals surface area contributed by atoms with E-state index in [0.29, 0.717) is 51.0 Å². The number of anilines is 3. The summed E-state index contributed by atoms with van der Waals surface area (Å²) in [6.45, 7) is 2.71. The van der Waals surface area contributed by atoms with Crippen LogP contribution in [0.25, 0.3) is 10.2 Å². The molecule has 6 rings (SSSR count). The number of aliphatic hydroxyl groups is 1. The number of urea groups is 1. The summed E-state index contributed by atoms with van der Waals surface area (Å²) in [4.78, 5) is 48.0. The molecular weight excluding hydrogens is 542 g/mol. The number of benzene rings is 2. The molecule has 1 unspecified atom stereocenters. The number of pyridine rings is 1. The fourth-order valence-corrected chi connectivity index (χ4v) is 6.40. The number of carbonyl (C=O) groups is 3. The smallest absolute Gasteiger partial charge is 0.331 e. The summed E-state index contributed by atoms with van der Waals surface area (Å²) in [6, 6.07) is 16.2. The van der Waals surface area contributed by atoms with Crippen molar-refractivity contribution in [1.82, 2.24) is 15.2 Å². The number of carbonyl (C=O) groups excluding carboxylic acids is 3. The summed E-state index contributed by atoms with van der Waals surface area (Å²) < 4.78 is 5.96. The molecule has 4 amide bonds. The minimum Gasteiger partial charge on any atom is -0.457 e. The van der Waals surface area contributed by atoms with Crippen molar-refractivity contribution in [3.63, 3.8) is 0 Å². The van der Waals surface area contributed by atoms with Crippen LogP contribution in [-0.2, 0) is 4.79 Å². The summed E-state index contributed by atoms with van der Waals surface area (Å²) in [6.07, 6.45) is 3.20. The average molecular weight is 572 g/mol. The number of likely N-dealkylation sites (tertiary alicyclic amines) is 1. The lowest BCUT2D eigenvalue weighted by molar-refractivity contribution is -0.133. The van der Waals surface area contributed by atoms with Crippen LogP contribution in [-0.4, -0.2) is 58.6 Å². The van der Waals surface area contributed by atoms with E-state index < -0.39 is 0 Å². The summed E-state index contributed by atoms with van der Waals surface area (Å²) in [7, 11) is 0. The van der Waals surface area contributed by atoms with Gasteiger partial charge in [0.25, 0.3) is 5.91 Å². The fourth-order valence-electron chi connectivity index (χ4n) is 5.38. The van der Waals surface area contributed by atoms with Gasteiger partial charge in [-0.15, -0.1) is 11.3 Å². The molecule has 0 radical (unpaired) electrons. The predicted molar refractivity (Wildman–Crippen MR) is 157 cm³/mol. The Morgan fingerprint density at radius 1 is 1.15 bits per heavy atom. The number of rotatable bonds is 7. The monoisotopic (exact) mass is 571 g/mol. The van der Waals surface area contributed by atoms with Gasteiger partial charge >= 0.3 is 6.03 Å². The van der Waals surface area contributed by atoms with Gasteiger partial charge in [0, 0.05) is 31.7 Å². The van der Waals surface area contributed by atoms with Crippen LogP contribution in [0.15, 0.2) is 60.8 Å². The van der Waals surface area contributed by atoms with E-state index in [-0.39, 0.29) is 36.9 Å². The molecule has 210 valence electrons. The van der Waals surface area contributed by atoms with Crippen molar-refractivity contribution in [3.8, 4) is 11.5 Å². The van der Waals surface area contributed by atoms with Crippen molar-refractivity contribution in [1.29, 1.82) is 0 Å². The molecule has 3 N–H and O–H groups in total. The maximum atomic E-state index is 13.5. The molecule has 0 saturated carbocycles. The highest BCUT2D eigenvalue weighted by molar-refractivity contribution is 7.21. The average Bonchev–Trinajstić information content (AvgIpc) is 3.34. The summed E-state index contributed by atoms with van der Waals surface area (Å²) >= 11 is 1.22. The lowest BCUT2D eigenvalue weighted by Crippen LogP contribution is -2.49. The minimum atomic E-state index is -0.379. The Labute approximate surface area is 240 Å². The van der Waals surface area contributed by atoms with Gasteiger partial charge in [0.05, 0.1) is 29.1 Å². The number of thiophene rings is 1. The van der Waals surface area contributed by atoms with Crippen LogP contribution in [0.1, 0.15) is 34.5 Å². The second-order valence-electron chi connectivity index (χ2n) is 10.1. The van der Waals surface area contributed by atoms with Gasteiger partial charge in [-0.1, -0.05) is 18.2 Å². The van der Waals surface area contributed by atoms with Crippen LogP contribution in [0, 0.1) is 6.92 Å². The Kier molecular flexibility index (Phi) is 7.29. The van der Waals surface area contributed by atoms with Gasteiger partial charge in [-0.2, -0.15) is 0 Å². The molecule has 2 aliphatic rings. The first-order chi connectivity index (χ1) is 19.9. The minimum absolute atomic E-state index is 0.0698. The predicted octanol–water partition coefficient (Wildman–Crippen LogP) is 5.18. The first kappa shape index (κ1) is 26.7. The van der Waals surface area contributed by atoms with Gasteiger partial charge in [0.15, 0.2) is 0 Å². The van der Waals surface area contributed by atoms with Gasteiger partial charge in [-0.3, -0.25) is 14.5 Å². The van der Waals surface area contributed by atoms with Crippen LogP contribution < -0.4 is 20.3 Å². The summed E-state index contributed by atoms with van der Waals surface area (Å²) in [5, 5.41) is 15.8. The summed E-state index contributed by atoms with van der Waals surface area (Å²) in [5.74, 6) is 0.934. The molecule has 2 aromatic heterocycles. The van der Waals surface area contributed by atoms with Gasteiger partial charge in [-0.25, -0.2) is 9.78 Å². The molecule has 4 aromatic rings. The molecule has 4 heterocycles. The highest BCUT2D eigenvalue weighted by Crippen LogP contribution is 2.46. The van der Waals surface area contributed by atoms with E-state index >= 15 is 0 Å². The number of hydrogen-bond donors (Lipinski definition) is 3. The molecule has 11 heteroatoms. The van der Waals surface area contributed by atoms with Crippen molar-refractivity contribution in [2.75, 3.05) is 29.9 Å². The first-order valence-electron chi connectivity index (χ1n) is 13.5. The van der Waals surface area contributed by atoms with Crippen LogP contribution in [0.3, 0.4) is 0 Å². The molecule has 0 aliphatic carbocycles. The highest BCUT2D eigenvalue weighted by atomic mass is 32.1. The Hall–Kier alpha value is -4.48. The number of aliphatic hydroxyl groups excluding tert-OH is 1. The van der Waals surface area contributed by atoms with Gasteiger partial charge < -0.3 is 25.4 Å². The second-order valence-corrected chi connectivity index (χ2v) is 11.1. The molecule has 2 aromatic carbocycles. The molecule has 0 bridgehead atoms. The largest absolute Gasteiger partial charge is 0.457 e. The van der Waals surface area contributed by atoms with Crippen LogP contribution in [0.4, 0.5) is 21.9 Å². The molecule has 0 spiro atoms. The number of hydrogen-bond acceptors (Lipinski definition) is 7. The Bertz CT molecular complexity index is 1640. The zero-order chi connectivity index (χ0) is 28.5. The Morgan fingerprint density at radius 3 is 2.76 bits per heavy atom. The number of nitrogens with one attached hydrogen (secondary N) is 2. The zero-order valence-electron chi connectivity index (χ0n) is 22.4. The van der Waals surface area contributed by atoms with E-state index in [2.05, 4.69) is 15.6 Å². The molecule has 1 fully saturated rings. The topological polar surface area (TPSA) is 124 Å². The standard InChI is InChI=1S/C30H29N5O5S/c1-18-16-21(40-20-7-3-2-4-8-20)9-10-22(18)35-23-11-13-31-29-25(23)26(33-30(35)39)27(41-29)28(38)32-19-6-5-14-34(17-19)24(37)12-15-36/h2-4,7-11,13,16,19,36H,5-6,12,14-15,17H2,1H3,(H,32,38)(H,33,39). The van der Waals surface area contributed by atoms with Crippen LogP contribution >= 0.6 is 11.3 Å². The number of nitrogens with zero attached hydrogens (tertiary/aromatic N) is 3. The van der Waals surface area contributed by atoms with Crippen molar-refractivity contribution < 1.29 is 24.2 Å². The van der Waals surface area contributed by atoms with E-state index in [4.69, 9.17) is 9.84 Å². The number of aryl methyl sites for hydroxylation is 1.